The molecular weight excluding hydrogens is 314 g/mol. The Morgan fingerprint density at radius 2 is 1.37 bits per heavy atom. The zero-order chi connectivity index (χ0) is 15.5. The van der Waals surface area contributed by atoms with Gasteiger partial charge in [0.05, 0.1) is 6.61 Å². The smallest absolute Gasteiger partial charge is 0.388 e. The first-order valence-electron chi connectivity index (χ1n) is 4.46. The normalized spacial score (nSPS) is 17.3. The van der Waals surface area contributed by atoms with Gasteiger partial charge in [0.15, 0.2) is 0 Å². The first-order chi connectivity index (χ1) is 8.25. The molecule has 0 radical (unpaired) electrons. The van der Waals surface area contributed by atoms with Gasteiger partial charge in [0.25, 0.3) is 0 Å². The predicted octanol–water partition coefficient (Wildman–Crippen LogP) is -3.39. The first-order valence-corrected chi connectivity index (χ1v) is 7.52. The minimum atomic E-state index is -5.04. The van der Waals surface area contributed by atoms with Crippen LogP contribution in [0.25, 0.3) is 0 Å². The molecule has 0 amide bonds. The second kappa shape index (κ2) is 6.68. The highest BCUT2D eigenvalue weighted by Gasteiger charge is 2.41. The molecule has 0 rings (SSSR count). The molecule has 0 heterocycles. The van der Waals surface area contributed by atoms with Gasteiger partial charge in [-0.15, -0.1) is 0 Å². The van der Waals surface area contributed by atoms with Crippen LogP contribution in [0.1, 0.15) is 0 Å². The van der Waals surface area contributed by atoms with E-state index >= 15 is 0 Å². The minimum absolute atomic E-state index is 1.16. The summed E-state index contributed by atoms with van der Waals surface area (Å²) in [6, 6.07) is 0. The van der Waals surface area contributed by atoms with E-state index in [0.29, 0.717) is 0 Å². The second-order valence-corrected chi connectivity index (χ2v) is 5.92. The third-order valence-corrected chi connectivity index (χ3v) is 2.65. The highest BCUT2D eigenvalue weighted by molar-refractivity contribution is 7.46. The SMILES string of the molecule is O=P(O)(O)OCC(O)C(O)C(O)(O)COP(=O)(O)O. The molecule has 19 heavy (non-hydrogen) atoms. The summed E-state index contributed by atoms with van der Waals surface area (Å²) < 4.78 is 28.1. The predicted molar refractivity (Wildman–Crippen MR) is 55.2 cm³/mol. The summed E-state index contributed by atoms with van der Waals surface area (Å²) in [5.74, 6) is -3.28. The minimum Gasteiger partial charge on any atom is -0.388 e. The van der Waals surface area contributed by atoms with Crippen molar-refractivity contribution in [3.8, 4) is 0 Å². The third kappa shape index (κ3) is 8.76. The van der Waals surface area contributed by atoms with Gasteiger partial charge in [0.2, 0.25) is 5.79 Å². The fraction of sp³-hybridized carbons (Fsp3) is 1.00. The lowest BCUT2D eigenvalue weighted by molar-refractivity contribution is -0.263. The van der Waals surface area contributed by atoms with Gasteiger partial charge in [-0.05, 0) is 0 Å². The second-order valence-electron chi connectivity index (χ2n) is 3.44. The molecule has 0 spiro atoms. The van der Waals surface area contributed by atoms with Gasteiger partial charge >= 0.3 is 15.6 Å². The van der Waals surface area contributed by atoms with E-state index in [2.05, 4.69) is 9.05 Å². The average Bonchev–Trinajstić information content (AvgIpc) is 2.20. The fourth-order valence-corrected chi connectivity index (χ4v) is 1.54. The molecule has 116 valence electrons. The Labute approximate surface area is 106 Å². The molecule has 0 aromatic rings. The van der Waals surface area contributed by atoms with Crippen molar-refractivity contribution in [1.29, 1.82) is 0 Å². The summed E-state index contributed by atoms with van der Waals surface area (Å²) in [6.07, 6.45) is -4.63. The molecule has 12 nitrogen and oxygen atoms in total. The van der Waals surface area contributed by atoms with Gasteiger partial charge in [0.1, 0.15) is 18.8 Å². The number of phosphoric ester groups is 2. The molecule has 0 aromatic heterocycles. The van der Waals surface area contributed by atoms with Gasteiger partial charge < -0.3 is 40.0 Å². The van der Waals surface area contributed by atoms with Crippen LogP contribution in [0.5, 0.6) is 0 Å². The maximum atomic E-state index is 10.3. The van der Waals surface area contributed by atoms with Crippen molar-refractivity contribution in [3.05, 3.63) is 0 Å². The Balaban J connectivity index is 4.47. The van der Waals surface area contributed by atoms with Crippen LogP contribution in [-0.2, 0) is 18.2 Å². The van der Waals surface area contributed by atoms with Gasteiger partial charge in [0, 0.05) is 0 Å². The topological polar surface area (TPSA) is 214 Å². The van der Waals surface area contributed by atoms with E-state index in [-0.39, 0.29) is 0 Å². The molecule has 0 bridgehead atoms. The summed E-state index contributed by atoms with van der Waals surface area (Å²) in [7, 11) is -9.99. The van der Waals surface area contributed by atoms with Crippen LogP contribution >= 0.6 is 15.6 Å². The van der Waals surface area contributed by atoms with Gasteiger partial charge in [-0.2, -0.15) is 0 Å². The lowest BCUT2D eigenvalue weighted by Crippen LogP contribution is -2.53. The maximum Gasteiger partial charge on any atom is 0.469 e. The Morgan fingerprint density at radius 1 is 0.947 bits per heavy atom. The van der Waals surface area contributed by atoms with Crippen molar-refractivity contribution in [2.75, 3.05) is 13.2 Å². The number of hydrogen-bond acceptors (Lipinski definition) is 8. The molecule has 0 saturated carbocycles. The van der Waals surface area contributed by atoms with E-state index in [0.717, 1.165) is 0 Å². The Hall–Kier alpha value is 0.0600. The van der Waals surface area contributed by atoms with Crippen molar-refractivity contribution in [2.24, 2.45) is 0 Å². The highest BCUT2D eigenvalue weighted by Crippen LogP contribution is 2.38. The zero-order valence-corrected chi connectivity index (χ0v) is 11.0. The Kier molecular flexibility index (Phi) is 6.70. The average molecular weight is 328 g/mol. The van der Waals surface area contributed by atoms with Gasteiger partial charge in [-0.25, -0.2) is 9.13 Å². The lowest BCUT2D eigenvalue weighted by Gasteiger charge is -2.30. The fourth-order valence-electron chi connectivity index (χ4n) is 0.837. The van der Waals surface area contributed by atoms with Gasteiger partial charge in [-0.3, -0.25) is 9.05 Å². The van der Waals surface area contributed by atoms with E-state index in [1.807, 2.05) is 0 Å². The quantitative estimate of drug-likeness (QED) is 0.162. The molecule has 8 N–H and O–H groups in total. The number of aliphatic hydroxyl groups is 4. The molecule has 0 aromatic carbocycles. The van der Waals surface area contributed by atoms with Crippen LogP contribution in [0.2, 0.25) is 0 Å². The third-order valence-electron chi connectivity index (χ3n) is 1.70. The van der Waals surface area contributed by atoms with E-state index in [1.54, 1.807) is 0 Å². The Bertz CT molecular complexity index is 368. The van der Waals surface area contributed by atoms with Crippen LogP contribution in [0.15, 0.2) is 0 Å². The largest absolute Gasteiger partial charge is 0.469 e. The van der Waals surface area contributed by atoms with Crippen molar-refractivity contribution < 1.29 is 58.2 Å². The van der Waals surface area contributed by atoms with Crippen molar-refractivity contribution >= 4 is 15.6 Å². The molecule has 2 atom stereocenters. The van der Waals surface area contributed by atoms with Crippen molar-refractivity contribution in [3.63, 3.8) is 0 Å². The van der Waals surface area contributed by atoms with E-state index < -0.39 is 46.9 Å². The van der Waals surface area contributed by atoms with Crippen LogP contribution < -0.4 is 0 Å². The van der Waals surface area contributed by atoms with Crippen molar-refractivity contribution in [2.45, 2.75) is 18.0 Å². The monoisotopic (exact) mass is 328 g/mol. The van der Waals surface area contributed by atoms with E-state index in [1.165, 1.54) is 0 Å². The molecule has 0 aliphatic heterocycles. The number of hydrogen-bond donors (Lipinski definition) is 8. The number of aliphatic hydroxyl groups excluding tert-OH is 2. The summed E-state index contributed by atoms with van der Waals surface area (Å²) in [6.45, 7) is -2.63. The zero-order valence-electron chi connectivity index (χ0n) is 9.17. The lowest BCUT2D eigenvalue weighted by atomic mass is 10.1. The molecule has 0 saturated heterocycles. The summed E-state index contributed by atoms with van der Waals surface area (Å²) >= 11 is 0. The van der Waals surface area contributed by atoms with E-state index in [9.17, 15) is 24.4 Å². The summed E-state index contributed by atoms with van der Waals surface area (Å²) in [4.78, 5) is 33.2. The highest BCUT2D eigenvalue weighted by atomic mass is 31.2. The molecule has 14 heteroatoms. The number of phosphoric acid groups is 2. The molecule has 0 aliphatic rings. The Morgan fingerprint density at radius 3 is 1.74 bits per heavy atom. The number of rotatable bonds is 8. The molecule has 2 unspecified atom stereocenters. The summed E-state index contributed by atoms with van der Waals surface area (Å²) in [5.41, 5.74) is 0. The summed E-state index contributed by atoms with van der Waals surface area (Å²) in [5, 5.41) is 36.7. The van der Waals surface area contributed by atoms with E-state index in [4.69, 9.17) is 24.7 Å². The molecule has 0 aliphatic carbocycles. The van der Waals surface area contributed by atoms with Crippen LogP contribution in [0.3, 0.4) is 0 Å². The van der Waals surface area contributed by atoms with Crippen LogP contribution in [0.4, 0.5) is 0 Å². The molecule has 0 fully saturated rings. The van der Waals surface area contributed by atoms with Gasteiger partial charge in [-0.1, -0.05) is 0 Å². The van der Waals surface area contributed by atoms with Crippen LogP contribution in [-0.4, -0.2) is 71.2 Å². The first kappa shape index (κ1) is 19.1. The van der Waals surface area contributed by atoms with Crippen LogP contribution in [0, 0.1) is 0 Å². The standard InChI is InChI=1S/C5H14O12P2/c6-3(1-16-18(10,11)12)4(7)5(8,9)2-17-19(13,14)15/h3-4,6-9H,1-2H2,(H2,10,11,12)(H2,13,14,15). The van der Waals surface area contributed by atoms with Crippen molar-refractivity contribution in [1.82, 2.24) is 0 Å². The maximum absolute atomic E-state index is 10.3. The molecular formula is C5H14O12P2.